The highest BCUT2D eigenvalue weighted by Crippen LogP contribution is 2.32. The van der Waals surface area contributed by atoms with Crippen molar-refractivity contribution in [2.75, 3.05) is 72.7 Å². The van der Waals surface area contributed by atoms with Gasteiger partial charge in [0.1, 0.15) is 116 Å². The molecule has 3 saturated heterocycles. The van der Waals surface area contributed by atoms with Gasteiger partial charge >= 0.3 is 0 Å². The van der Waals surface area contributed by atoms with E-state index in [1.54, 1.807) is 0 Å². The van der Waals surface area contributed by atoms with E-state index in [1.807, 2.05) is 0 Å². The lowest BCUT2D eigenvalue weighted by Gasteiger charge is -2.46. The van der Waals surface area contributed by atoms with E-state index in [-0.39, 0.29) is 6.61 Å². The minimum atomic E-state index is -2.11. The van der Waals surface area contributed by atoms with Gasteiger partial charge in [-0.1, -0.05) is 0 Å². The Hall–Kier alpha value is -1.80. The highest BCUT2D eigenvalue weighted by atomic mass is 19.1. The third-order valence-corrected chi connectivity index (χ3v) is 13.0. The van der Waals surface area contributed by atoms with Crippen LogP contribution in [0.3, 0.4) is 0 Å². The Labute approximate surface area is 454 Å². The highest BCUT2D eigenvalue weighted by Gasteiger charge is 2.52. The Morgan fingerprint density at radius 2 is 1.09 bits per heavy atom. The zero-order valence-corrected chi connectivity index (χ0v) is 44.4. The third kappa shape index (κ3) is 20.7. The molecule has 3 rings (SSSR count). The van der Waals surface area contributed by atoms with Crippen LogP contribution in [0.2, 0.25) is 0 Å². The number of halogens is 1. The second-order valence-corrected chi connectivity index (χ2v) is 19.2. The second kappa shape index (κ2) is 36.1. The molecule has 33 heteroatoms. The number of aliphatic hydroxyl groups excluding tert-OH is 17. The number of nitrogens with one attached hydrogen (secondary N) is 1. The average molecular weight is 1170 g/mol. The van der Waals surface area contributed by atoms with E-state index in [0.29, 0.717) is 25.8 Å². The van der Waals surface area contributed by atoms with Gasteiger partial charge in [0.25, 0.3) is 0 Å². The van der Waals surface area contributed by atoms with E-state index in [1.165, 1.54) is 20.8 Å². The summed E-state index contributed by atoms with van der Waals surface area (Å²) in [4.78, 5) is 12.8. The van der Waals surface area contributed by atoms with Crippen molar-refractivity contribution in [3.05, 3.63) is 0 Å². The molecule has 0 aliphatic carbocycles. The normalized spacial score (nSPS) is 34.3. The second-order valence-electron chi connectivity index (χ2n) is 19.2. The van der Waals surface area contributed by atoms with Crippen LogP contribution in [0.4, 0.5) is 4.39 Å². The lowest BCUT2D eigenvalue weighted by atomic mass is 9.96. The Morgan fingerprint density at radius 3 is 1.62 bits per heavy atom. The van der Waals surface area contributed by atoms with Crippen molar-refractivity contribution in [2.45, 2.75) is 213 Å². The monoisotopic (exact) mass is 1170 g/mol. The lowest BCUT2D eigenvalue weighted by Crippen LogP contribution is -2.67. The number of ether oxygens (including phenoxy) is 12. The summed E-state index contributed by atoms with van der Waals surface area (Å²) in [6.07, 6.45) is -44.6. The summed E-state index contributed by atoms with van der Waals surface area (Å²) in [5.41, 5.74) is 5.52. The summed E-state index contributed by atoms with van der Waals surface area (Å²) in [7, 11) is 0. The fourth-order valence-electron chi connectivity index (χ4n) is 8.30. The van der Waals surface area contributed by atoms with Crippen molar-refractivity contribution in [2.24, 2.45) is 5.73 Å². The van der Waals surface area contributed by atoms with Crippen LogP contribution in [0.25, 0.3) is 0 Å². The van der Waals surface area contributed by atoms with Gasteiger partial charge < -0.3 is 155 Å². The van der Waals surface area contributed by atoms with Gasteiger partial charge in [0.05, 0.1) is 71.2 Å². The van der Waals surface area contributed by atoms with Gasteiger partial charge in [-0.25, -0.2) is 4.39 Å². The number of alkyl halides is 1. The fourth-order valence-corrected chi connectivity index (χ4v) is 8.30. The first kappa shape index (κ1) is 71.5. The predicted octanol–water partition coefficient (Wildman–Crippen LogP) is -9.91. The summed E-state index contributed by atoms with van der Waals surface area (Å²) in [5.74, 6) is -0.847. The molecule has 0 spiro atoms. The topological polar surface area (TPSA) is 510 Å². The largest absolute Gasteiger partial charge is 0.394 e. The number of aliphatic hydroxyl groups is 17. The van der Waals surface area contributed by atoms with Crippen LogP contribution < -0.4 is 11.1 Å². The zero-order valence-electron chi connectivity index (χ0n) is 44.4. The molecule has 3 fully saturated rings. The van der Waals surface area contributed by atoms with Gasteiger partial charge in [0.15, 0.2) is 37.7 Å². The van der Waals surface area contributed by atoms with Crippen molar-refractivity contribution in [3.63, 3.8) is 0 Å². The summed E-state index contributed by atoms with van der Waals surface area (Å²) < 4.78 is 82.8. The molecular weight excluding hydrogens is 1080 g/mol. The van der Waals surface area contributed by atoms with Crippen LogP contribution in [0.5, 0.6) is 0 Å². The van der Waals surface area contributed by atoms with Gasteiger partial charge in [-0.2, -0.15) is 0 Å². The van der Waals surface area contributed by atoms with Crippen molar-refractivity contribution in [1.82, 2.24) is 5.32 Å². The predicted molar refractivity (Wildman–Crippen MR) is 257 cm³/mol. The molecule has 3 aliphatic heterocycles. The van der Waals surface area contributed by atoms with Crippen LogP contribution >= 0.6 is 0 Å². The van der Waals surface area contributed by atoms with E-state index < -0.39 is 231 Å². The first-order valence-electron chi connectivity index (χ1n) is 25.9. The van der Waals surface area contributed by atoms with Crippen molar-refractivity contribution < 1.29 is 153 Å². The van der Waals surface area contributed by atoms with Crippen LogP contribution in [-0.4, -0.2) is 331 Å². The molecule has 21 unspecified atom stereocenters. The first-order valence-corrected chi connectivity index (χ1v) is 25.9. The maximum atomic E-state index is 13.8. The lowest BCUT2D eigenvalue weighted by molar-refractivity contribution is -0.357. The summed E-state index contributed by atoms with van der Waals surface area (Å²) in [6, 6.07) is -1.73. The molecule has 0 radical (unpaired) electrons. The fraction of sp³-hybridized carbons (Fsp3) is 0.978. The van der Waals surface area contributed by atoms with E-state index in [0.717, 1.165) is 6.92 Å². The van der Waals surface area contributed by atoms with Gasteiger partial charge in [0, 0.05) is 13.5 Å². The number of hydrogen-bond donors (Lipinski definition) is 19. The molecule has 3 heterocycles. The highest BCUT2D eigenvalue weighted by molar-refractivity contribution is 5.73. The number of nitrogens with two attached hydrogens (primary N) is 1. The van der Waals surface area contributed by atoms with Crippen molar-refractivity contribution in [3.8, 4) is 0 Å². The maximum Gasteiger partial charge on any atom is 0.217 e. The molecule has 0 aromatic heterocycles. The molecule has 468 valence electrons. The van der Waals surface area contributed by atoms with Crippen molar-refractivity contribution in [1.29, 1.82) is 0 Å². The quantitative estimate of drug-likeness (QED) is 0.0202. The van der Waals surface area contributed by atoms with Gasteiger partial charge in [-0.3, -0.25) is 4.79 Å². The Kier molecular flexibility index (Phi) is 32.7. The Bertz CT molecular complexity index is 1640. The smallest absolute Gasteiger partial charge is 0.217 e. The van der Waals surface area contributed by atoms with E-state index in [9.17, 15) is 96.0 Å². The SMILES string of the molecule is CC(=O)NC1C(OC[C@H](O)C(OC(CO)[C@@H](C)O)O[C@H](C)C(CO)OC(OC2C(CO)OC(OCCCCCN)C(O)C2O)[C@@H](O)CO)OC(CO)C(O)C1OC(OC(CO)[C@@H](C)O)[C@H](CO)OC1OC(CF)C(O)C(O)C1O. The van der Waals surface area contributed by atoms with Gasteiger partial charge in [-0.15, -0.1) is 0 Å². The summed E-state index contributed by atoms with van der Waals surface area (Å²) in [6.45, 7) is -3.97. The van der Waals surface area contributed by atoms with Gasteiger partial charge in [0.2, 0.25) is 5.91 Å². The van der Waals surface area contributed by atoms with Gasteiger partial charge in [-0.05, 0) is 46.6 Å². The number of carbonyl (C=O) groups excluding carboxylic acids is 1. The van der Waals surface area contributed by atoms with E-state index in [4.69, 9.17) is 62.6 Å². The number of unbranched alkanes of at least 4 members (excludes halogenated alkanes) is 2. The van der Waals surface area contributed by atoms with Crippen LogP contribution in [0.15, 0.2) is 0 Å². The standard InChI is InChI=1S/C46H87FN2O30/c1-19(57)26(12-51)72-42(70-21(3)28(14-53)74-41(23(60)11-50)78-39-30(16-55)76-45(38(67)36(39)65)68-9-7-5-6-8-48)24(61)18-69-44-32(49-22(4)59)40(34(63)29(15-54)75-44)79-43(73-27(13-52)20(2)58)31(17-56)77-46-37(66)35(64)33(62)25(10-47)71-46/h19-21,23-46,50-58,60-67H,5-18,48H2,1-4H3,(H,49,59)/t19-,20-,21-,23+,24+,25?,26?,27?,28?,29?,30?,31+,32?,33?,34?,35?,36?,37?,38?,39?,40?,41?,42?,43?,44?,45?,46?/m1/s1. The number of rotatable bonds is 38. The molecule has 1 amide bonds. The van der Waals surface area contributed by atoms with Crippen LogP contribution in [0, 0.1) is 0 Å². The molecule has 0 aromatic carbocycles. The Morgan fingerprint density at radius 1 is 0.544 bits per heavy atom. The minimum absolute atomic E-state index is 0.0950. The van der Waals surface area contributed by atoms with Crippen LogP contribution in [0.1, 0.15) is 47.0 Å². The Balaban J connectivity index is 1.93. The maximum absolute atomic E-state index is 13.8. The van der Waals surface area contributed by atoms with E-state index >= 15 is 0 Å². The molecule has 20 N–H and O–H groups in total. The number of amides is 1. The summed E-state index contributed by atoms with van der Waals surface area (Å²) >= 11 is 0. The zero-order chi connectivity index (χ0) is 59.3. The van der Waals surface area contributed by atoms with E-state index in [2.05, 4.69) is 5.32 Å². The average Bonchev–Trinajstić information content (AvgIpc) is 3.45. The van der Waals surface area contributed by atoms with Crippen LogP contribution in [-0.2, 0) is 61.6 Å². The third-order valence-electron chi connectivity index (χ3n) is 13.0. The van der Waals surface area contributed by atoms with Crippen molar-refractivity contribution >= 4 is 5.91 Å². The molecule has 3 aliphatic rings. The number of hydrogen-bond acceptors (Lipinski definition) is 31. The molecule has 0 saturated carbocycles. The molecular formula is C46H87FN2O30. The molecule has 0 bridgehead atoms. The number of carbonyl (C=O) groups is 1. The molecule has 79 heavy (non-hydrogen) atoms. The molecule has 0 aromatic rings. The molecule has 27 atom stereocenters. The summed E-state index contributed by atoms with van der Waals surface area (Å²) in [5, 5.41) is 182. The first-order chi connectivity index (χ1) is 37.5. The molecule has 32 nitrogen and oxygen atoms in total. The minimum Gasteiger partial charge on any atom is -0.394 e.